The molecule has 1 amide bonds. The average molecular weight is 404 g/mol. The standard InChI is InChI=1S/C16H12ClF2NO5S/c1-26(23,24)10-3-4-12(17)11(7-10)16(22)25-8-15(21)20-14-5-2-9(18)6-13(14)19/h2-7H,8H2,1H3,(H,20,21). The van der Waals surface area contributed by atoms with E-state index in [4.69, 9.17) is 16.3 Å². The number of ether oxygens (including phenoxy) is 1. The van der Waals surface area contributed by atoms with Gasteiger partial charge in [0.1, 0.15) is 11.6 Å². The van der Waals surface area contributed by atoms with E-state index in [1.807, 2.05) is 0 Å². The summed E-state index contributed by atoms with van der Waals surface area (Å²) in [5.41, 5.74) is -0.528. The van der Waals surface area contributed by atoms with Crippen LogP contribution in [0.1, 0.15) is 10.4 Å². The Bertz CT molecular complexity index is 979. The summed E-state index contributed by atoms with van der Waals surface area (Å²) in [7, 11) is -3.57. The Kier molecular flexibility index (Phi) is 5.94. The summed E-state index contributed by atoms with van der Waals surface area (Å²) in [5, 5.41) is 2.05. The van der Waals surface area contributed by atoms with Crippen molar-refractivity contribution >= 4 is 39.0 Å². The predicted octanol–water partition coefficient (Wildman–Crippen LogP) is 2.82. The van der Waals surface area contributed by atoms with Gasteiger partial charge in [0.2, 0.25) is 0 Å². The van der Waals surface area contributed by atoms with E-state index >= 15 is 0 Å². The van der Waals surface area contributed by atoms with E-state index in [0.29, 0.717) is 6.07 Å². The van der Waals surface area contributed by atoms with Crippen molar-refractivity contribution in [1.82, 2.24) is 0 Å². The van der Waals surface area contributed by atoms with Crippen LogP contribution in [-0.4, -0.2) is 33.2 Å². The van der Waals surface area contributed by atoms with Crippen molar-refractivity contribution in [2.24, 2.45) is 0 Å². The van der Waals surface area contributed by atoms with E-state index in [9.17, 15) is 26.8 Å². The van der Waals surface area contributed by atoms with Gasteiger partial charge in [0.25, 0.3) is 5.91 Å². The molecule has 0 atom stereocenters. The number of benzene rings is 2. The molecule has 1 N–H and O–H groups in total. The lowest BCUT2D eigenvalue weighted by Crippen LogP contribution is -2.21. The van der Waals surface area contributed by atoms with E-state index in [1.165, 1.54) is 12.1 Å². The summed E-state index contributed by atoms with van der Waals surface area (Å²) in [4.78, 5) is 23.6. The summed E-state index contributed by atoms with van der Waals surface area (Å²) in [6.07, 6.45) is 0.954. The average Bonchev–Trinajstić information content (AvgIpc) is 2.54. The van der Waals surface area contributed by atoms with Gasteiger partial charge < -0.3 is 10.1 Å². The second-order valence-corrected chi connectivity index (χ2v) is 7.59. The minimum Gasteiger partial charge on any atom is -0.452 e. The molecule has 0 heterocycles. The van der Waals surface area contributed by atoms with E-state index in [0.717, 1.165) is 24.5 Å². The summed E-state index contributed by atoms with van der Waals surface area (Å²) in [6, 6.07) is 5.99. The number of halogens is 3. The van der Waals surface area contributed by atoms with Crippen molar-refractivity contribution in [2.45, 2.75) is 4.90 Å². The van der Waals surface area contributed by atoms with E-state index in [-0.39, 0.29) is 21.2 Å². The molecule has 6 nitrogen and oxygen atoms in total. The zero-order valence-electron chi connectivity index (χ0n) is 13.3. The molecule has 0 unspecified atom stereocenters. The Morgan fingerprint density at radius 3 is 2.46 bits per heavy atom. The zero-order valence-corrected chi connectivity index (χ0v) is 14.8. The molecule has 2 aromatic carbocycles. The van der Waals surface area contributed by atoms with Crippen LogP contribution in [0.25, 0.3) is 0 Å². The molecule has 10 heteroatoms. The first-order chi connectivity index (χ1) is 12.1. The molecular weight excluding hydrogens is 392 g/mol. The van der Waals surface area contributed by atoms with Crippen molar-refractivity contribution in [1.29, 1.82) is 0 Å². The van der Waals surface area contributed by atoms with Crippen LogP contribution in [0.5, 0.6) is 0 Å². The van der Waals surface area contributed by atoms with Gasteiger partial charge >= 0.3 is 5.97 Å². The molecule has 2 rings (SSSR count). The topological polar surface area (TPSA) is 89.5 Å². The highest BCUT2D eigenvalue weighted by Gasteiger charge is 2.18. The maximum absolute atomic E-state index is 13.4. The molecule has 0 aromatic heterocycles. The van der Waals surface area contributed by atoms with Gasteiger partial charge in [-0.15, -0.1) is 0 Å². The molecule has 0 aliphatic heterocycles. The summed E-state index contributed by atoms with van der Waals surface area (Å²) >= 11 is 5.84. The fraction of sp³-hybridized carbons (Fsp3) is 0.125. The normalized spacial score (nSPS) is 11.1. The van der Waals surface area contributed by atoms with Gasteiger partial charge in [-0.3, -0.25) is 4.79 Å². The zero-order chi connectivity index (χ0) is 19.5. The Hall–Kier alpha value is -2.52. The molecule has 0 fully saturated rings. The lowest BCUT2D eigenvalue weighted by atomic mass is 10.2. The van der Waals surface area contributed by atoms with E-state index in [2.05, 4.69) is 5.32 Å². The van der Waals surface area contributed by atoms with Gasteiger partial charge in [-0.05, 0) is 30.3 Å². The summed E-state index contributed by atoms with van der Waals surface area (Å²) in [5.74, 6) is -3.71. The highest BCUT2D eigenvalue weighted by atomic mass is 35.5. The lowest BCUT2D eigenvalue weighted by molar-refractivity contribution is -0.119. The maximum Gasteiger partial charge on any atom is 0.340 e. The van der Waals surface area contributed by atoms with E-state index < -0.39 is 40.0 Å². The quantitative estimate of drug-likeness (QED) is 0.775. The van der Waals surface area contributed by atoms with Crippen LogP contribution >= 0.6 is 11.6 Å². The van der Waals surface area contributed by atoms with Crippen LogP contribution < -0.4 is 5.32 Å². The Morgan fingerprint density at radius 1 is 1.15 bits per heavy atom. The van der Waals surface area contributed by atoms with Crippen LogP contribution in [0, 0.1) is 11.6 Å². The Morgan fingerprint density at radius 2 is 1.85 bits per heavy atom. The third-order valence-electron chi connectivity index (χ3n) is 3.13. The second-order valence-electron chi connectivity index (χ2n) is 5.16. The van der Waals surface area contributed by atoms with Crippen molar-refractivity contribution in [3.05, 3.63) is 58.6 Å². The third-order valence-corrected chi connectivity index (χ3v) is 4.57. The maximum atomic E-state index is 13.4. The summed E-state index contributed by atoms with van der Waals surface area (Å²) in [6.45, 7) is -0.783. The van der Waals surface area contributed by atoms with Crippen molar-refractivity contribution < 1.29 is 31.5 Å². The molecular formula is C16H12ClF2NO5S. The van der Waals surface area contributed by atoms with E-state index in [1.54, 1.807) is 0 Å². The molecule has 0 radical (unpaired) electrons. The first kappa shape index (κ1) is 19.8. The van der Waals surface area contributed by atoms with Crippen molar-refractivity contribution in [2.75, 3.05) is 18.2 Å². The first-order valence-corrected chi connectivity index (χ1v) is 9.26. The van der Waals surface area contributed by atoms with Gasteiger partial charge in [-0.1, -0.05) is 11.6 Å². The van der Waals surface area contributed by atoms with Crippen LogP contribution in [0.4, 0.5) is 14.5 Å². The number of hydrogen-bond acceptors (Lipinski definition) is 5. The van der Waals surface area contributed by atoms with Gasteiger partial charge in [0.15, 0.2) is 16.4 Å². The van der Waals surface area contributed by atoms with Crippen LogP contribution in [0.3, 0.4) is 0 Å². The second kappa shape index (κ2) is 7.79. The lowest BCUT2D eigenvalue weighted by Gasteiger charge is -2.09. The third kappa shape index (κ3) is 4.99. The number of carbonyl (C=O) groups is 2. The molecule has 0 spiro atoms. The summed E-state index contributed by atoms with van der Waals surface area (Å²) < 4.78 is 54.0. The largest absolute Gasteiger partial charge is 0.452 e. The molecule has 0 bridgehead atoms. The molecule has 0 aliphatic carbocycles. The number of nitrogens with one attached hydrogen (secondary N) is 1. The molecule has 0 aliphatic rings. The highest BCUT2D eigenvalue weighted by molar-refractivity contribution is 7.90. The Balaban J connectivity index is 2.05. The van der Waals surface area contributed by atoms with Crippen LogP contribution in [-0.2, 0) is 19.4 Å². The number of hydrogen-bond donors (Lipinski definition) is 1. The van der Waals surface area contributed by atoms with Gasteiger partial charge in [-0.2, -0.15) is 0 Å². The number of esters is 1. The molecule has 0 saturated carbocycles. The predicted molar refractivity (Wildman–Crippen MR) is 89.8 cm³/mol. The highest BCUT2D eigenvalue weighted by Crippen LogP contribution is 2.21. The van der Waals surface area contributed by atoms with Gasteiger partial charge in [0, 0.05) is 12.3 Å². The number of anilines is 1. The van der Waals surface area contributed by atoms with Gasteiger partial charge in [-0.25, -0.2) is 22.0 Å². The van der Waals surface area contributed by atoms with Crippen LogP contribution in [0.15, 0.2) is 41.3 Å². The fourth-order valence-electron chi connectivity index (χ4n) is 1.88. The molecule has 2 aromatic rings. The minimum atomic E-state index is -3.57. The van der Waals surface area contributed by atoms with Crippen molar-refractivity contribution in [3.8, 4) is 0 Å². The smallest absolute Gasteiger partial charge is 0.340 e. The minimum absolute atomic E-state index is 0.0626. The first-order valence-electron chi connectivity index (χ1n) is 6.99. The number of rotatable bonds is 5. The molecule has 0 saturated heterocycles. The number of amides is 1. The Labute approximate surface area is 152 Å². The SMILES string of the molecule is CS(=O)(=O)c1ccc(Cl)c(C(=O)OCC(=O)Nc2ccc(F)cc2F)c1. The van der Waals surface area contributed by atoms with Crippen molar-refractivity contribution in [3.63, 3.8) is 0 Å². The number of carbonyl (C=O) groups excluding carboxylic acids is 2. The van der Waals surface area contributed by atoms with Gasteiger partial charge in [0.05, 0.1) is 21.2 Å². The number of sulfone groups is 1. The molecule has 138 valence electrons. The fourth-order valence-corrected chi connectivity index (χ4v) is 2.72. The van der Waals surface area contributed by atoms with Crippen LogP contribution in [0.2, 0.25) is 5.02 Å². The monoisotopic (exact) mass is 403 g/mol. The molecule has 26 heavy (non-hydrogen) atoms.